The smallest absolute Gasteiger partial charge is 0.169 e. The van der Waals surface area contributed by atoms with Crippen molar-refractivity contribution in [2.75, 3.05) is 0 Å². The molecule has 0 aliphatic heterocycles. The Morgan fingerprint density at radius 2 is 2.31 bits per heavy atom. The van der Waals surface area contributed by atoms with Crippen molar-refractivity contribution in [3.8, 4) is 0 Å². The normalized spacial score (nSPS) is 10.6. The van der Waals surface area contributed by atoms with Crippen LogP contribution in [0.2, 0.25) is 5.15 Å². The van der Waals surface area contributed by atoms with Gasteiger partial charge >= 0.3 is 0 Å². The van der Waals surface area contributed by atoms with E-state index in [-0.39, 0.29) is 5.78 Å². The number of halogens is 1. The van der Waals surface area contributed by atoms with E-state index in [2.05, 4.69) is 9.97 Å². The van der Waals surface area contributed by atoms with Crippen molar-refractivity contribution in [1.29, 1.82) is 0 Å². The highest BCUT2D eigenvalue weighted by atomic mass is 35.5. The van der Waals surface area contributed by atoms with Crippen LogP contribution < -0.4 is 0 Å². The van der Waals surface area contributed by atoms with Gasteiger partial charge in [0, 0.05) is 5.39 Å². The summed E-state index contributed by atoms with van der Waals surface area (Å²) in [5, 5.41) is 1.15. The minimum atomic E-state index is 0.0269. The highest BCUT2D eigenvalue weighted by molar-refractivity contribution is 7.20. The third kappa shape index (κ3) is 1.43. The summed E-state index contributed by atoms with van der Waals surface area (Å²) < 4.78 is 0. The molecule has 0 bridgehead atoms. The molecule has 2 heterocycles. The van der Waals surface area contributed by atoms with E-state index in [0.717, 1.165) is 10.2 Å². The van der Waals surface area contributed by atoms with Crippen LogP contribution >= 0.6 is 22.9 Å². The number of rotatable bonds is 1. The molecular weight excluding hydrogens is 208 g/mol. The molecule has 2 rings (SSSR count). The van der Waals surface area contributed by atoms with Crippen LogP contribution in [-0.2, 0) is 0 Å². The topological polar surface area (TPSA) is 42.9 Å². The Bertz CT molecular complexity index is 480. The van der Waals surface area contributed by atoms with Crippen molar-refractivity contribution in [2.24, 2.45) is 0 Å². The van der Waals surface area contributed by atoms with Crippen molar-refractivity contribution in [3.05, 3.63) is 22.4 Å². The van der Waals surface area contributed by atoms with E-state index in [4.69, 9.17) is 11.6 Å². The zero-order valence-electron chi connectivity index (χ0n) is 6.74. The molecule has 2 aromatic rings. The molecule has 0 saturated heterocycles. The largest absolute Gasteiger partial charge is 0.294 e. The van der Waals surface area contributed by atoms with Gasteiger partial charge in [0.15, 0.2) is 5.78 Å². The number of nitrogens with zero attached hydrogens (tertiary/aromatic N) is 2. The van der Waals surface area contributed by atoms with E-state index in [1.54, 1.807) is 6.07 Å². The van der Waals surface area contributed by atoms with Gasteiger partial charge in [-0.25, -0.2) is 9.97 Å². The van der Waals surface area contributed by atoms with Gasteiger partial charge < -0.3 is 0 Å². The SMILES string of the molecule is CC(=O)c1cc2c(Cl)ncnc2s1. The summed E-state index contributed by atoms with van der Waals surface area (Å²) in [6.07, 6.45) is 1.39. The fourth-order valence-electron chi connectivity index (χ4n) is 1.00. The number of hydrogen-bond acceptors (Lipinski definition) is 4. The lowest BCUT2D eigenvalue weighted by molar-refractivity contribution is 0.102. The Morgan fingerprint density at radius 3 is 2.92 bits per heavy atom. The predicted octanol–water partition coefficient (Wildman–Crippen LogP) is 2.55. The fourth-order valence-corrected chi connectivity index (χ4v) is 2.14. The number of thiophene rings is 1. The molecule has 0 aromatic carbocycles. The Balaban J connectivity index is 2.75. The Kier molecular flexibility index (Phi) is 2.01. The van der Waals surface area contributed by atoms with E-state index in [1.807, 2.05) is 0 Å². The molecule has 0 aliphatic carbocycles. The molecule has 0 N–H and O–H groups in total. The summed E-state index contributed by atoms with van der Waals surface area (Å²) in [6, 6.07) is 1.73. The van der Waals surface area contributed by atoms with Crippen LogP contribution in [0.15, 0.2) is 12.4 Å². The monoisotopic (exact) mass is 212 g/mol. The van der Waals surface area contributed by atoms with Gasteiger partial charge in [0.1, 0.15) is 16.3 Å². The molecule has 0 spiro atoms. The molecule has 0 unspecified atom stereocenters. The number of carbonyl (C=O) groups excluding carboxylic acids is 1. The van der Waals surface area contributed by atoms with E-state index in [0.29, 0.717) is 10.0 Å². The molecule has 13 heavy (non-hydrogen) atoms. The first-order chi connectivity index (χ1) is 6.18. The fraction of sp³-hybridized carbons (Fsp3) is 0.125. The predicted molar refractivity (Wildman–Crippen MR) is 52.4 cm³/mol. The summed E-state index contributed by atoms with van der Waals surface area (Å²) in [6.45, 7) is 1.52. The van der Waals surface area contributed by atoms with E-state index < -0.39 is 0 Å². The van der Waals surface area contributed by atoms with Crippen LogP contribution in [0.5, 0.6) is 0 Å². The maximum atomic E-state index is 11.0. The molecule has 0 amide bonds. The Hall–Kier alpha value is -1.00. The Morgan fingerprint density at radius 1 is 1.54 bits per heavy atom. The van der Waals surface area contributed by atoms with Crippen LogP contribution in [0, 0.1) is 0 Å². The number of carbonyl (C=O) groups is 1. The van der Waals surface area contributed by atoms with Crippen molar-refractivity contribution in [1.82, 2.24) is 9.97 Å². The number of hydrogen-bond donors (Lipinski definition) is 0. The number of fused-ring (bicyclic) bond motifs is 1. The number of aromatic nitrogens is 2. The first kappa shape index (κ1) is 8.59. The van der Waals surface area contributed by atoms with Crippen LogP contribution in [0.1, 0.15) is 16.6 Å². The number of ketones is 1. The van der Waals surface area contributed by atoms with Crippen LogP contribution in [-0.4, -0.2) is 15.8 Å². The second-order valence-corrected chi connectivity index (χ2v) is 3.94. The second-order valence-electron chi connectivity index (χ2n) is 2.55. The molecule has 3 nitrogen and oxygen atoms in total. The van der Waals surface area contributed by atoms with Crippen LogP contribution in [0.25, 0.3) is 10.2 Å². The van der Waals surface area contributed by atoms with Crippen molar-refractivity contribution in [3.63, 3.8) is 0 Å². The minimum Gasteiger partial charge on any atom is -0.294 e. The maximum absolute atomic E-state index is 11.0. The average Bonchev–Trinajstić information content (AvgIpc) is 2.49. The minimum absolute atomic E-state index is 0.0269. The number of Topliss-reactive ketones (excluding diaryl/α,β-unsaturated/α-hetero) is 1. The van der Waals surface area contributed by atoms with Crippen molar-refractivity contribution in [2.45, 2.75) is 6.92 Å². The van der Waals surface area contributed by atoms with E-state index in [9.17, 15) is 4.79 Å². The summed E-state index contributed by atoms with van der Waals surface area (Å²) >= 11 is 7.15. The lowest BCUT2D eigenvalue weighted by Crippen LogP contribution is -1.83. The van der Waals surface area contributed by atoms with Gasteiger partial charge in [-0.2, -0.15) is 0 Å². The zero-order chi connectivity index (χ0) is 9.42. The first-order valence-electron chi connectivity index (χ1n) is 3.59. The standard InChI is InChI=1S/C8H5ClN2OS/c1-4(12)6-2-5-7(9)10-3-11-8(5)13-6/h2-3H,1H3. The lowest BCUT2D eigenvalue weighted by Gasteiger charge is -1.87. The summed E-state index contributed by atoms with van der Waals surface area (Å²) in [4.78, 5) is 20.3. The second kappa shape index (κ2) is 3.05. The van der Waals surface area contributed by atoms with Gasteiger partial charge in [-0.3, -0.25) is 4.79 Å². The highest BCUT2D eigenvalue weighted by Gasteiger charge is 2.09. The van der Waals surface area contributed by atoms with Crippen molar-refractivity contribution >= 4 is 38.9 Å². The molecule has 0 saturated carbocycles. The molecular formula is C8H5ClN2OS. The maximum Gasteiger partial charge on any atom is 0.169 e. The molecule has 2 aromatic heterocycles. The quantitative estimate of drug-likeness (QED) is 0.539. The highest BCUT2D eigenvalue weighted by Crippen LogP contribution is 2.27. The lowest BCUT2D eigenvalue weighted by atomic mass is 10.3. The van der Waals surface area contributed by atoms with E-state index in [1.165, 1.54) is 24.6 Å². The molecule has 66 valence electrons. The van der Waals surface area contributed by atoms with E-state index >= 15 is 0 Å². The molecule has 0 radical (unpaired) electrons. The van der Waals surface area contributed by atoms with Gasteiger partial charge in [-0.15, -0.1) is 11.3 Å². The Labute approximate surface area is 83.4 Å². The van der Waals surface area contributed by atoms with Gasteiger partial charge in [0.2, 0.25) is 0 Å². The van der Waals surface area contributed by atoms with Gasteiger partial charge in [0.25, 0.3) is 0 Å². The first-order valence-corrected chi connectivity index (χ1v) is 4.79. The van der Waals surface area contributed by atoms with Crippen LogP contribution in [0.4, 0.5) is 0 Å². The van der Waals surface area contributed by atoms with Crippen LogP contribution in [0.3, 0.4) is 0 Å². The summed E-state index contributed by atoms with van der Waals surface area (Å²) in [7, 11) is 0. The zero-order valence-corrected chi connectivity index (χ0v) is 8.32. The van der Waals surface area contributed by atoms with Gasteiger partial charge in [0.05, 0.1) is 4.88 Å². The molecule has 5 heteroatoms. The third-order valence-electron chi connectivity index (χ3n) is 1.63. The third-order valence-corrected chi connectivity index (χ3v) is 3.07. The van der Waals surface area contributed by atoms with Crippen molar-refractivity contribution < 1.29 is 4.79 Å². The summed E-state index contributed by atoms with van der Waals surface area (Å²) in [5.41, 5.74) is 0. The van der Waals surface area contributed by atoms with Gasteiger partial charge in [-0.1, -0.05) is 11.6 Å². The molecule has 0 atom stereocenters. The molecule has 0 fully saturated rings. The molecule has 0 aliphatic rings. The summed E-state index contributed by atoms with van der Waals surface area (Å²) in [5.74, 6) is 0.0269. The average molecular weight is 213 g/mol. The van der Waals surface area contributed by atoms with Gasteiger partial charge in [-0.05, 0) is 13.0 Å².